The molecule has 0 saturated carbocycles. The molecule has 11 rings (SSSR count). The molecule has 0 spiro atoms. The predicted molar refractivity (Wildman–Crippen MR) is 261 cm³/mol. The smallest absolute Gasteiger partial charge is 0.408 e. The standard InChI is InChI=1S/C56H50O6P2/c1-32-20-23-41-24-21-35(4)47-30-45-33(2)16-18-37(6)53(45)59-63(61-55(41)47)57-49-28-25-39-12-8-10-14-43(39)51(49)52-44-15-11-9-13-40(44)26-29-50(52)58-64-60-54-38(7)19-17-34(3)46(54)31-48-36(5)22-27-42(32)56(48)62-64/h8-19,21-22,24-29,32H,20,23,30-31H2,1-7H3. The van der Waals surface area contributed by atoms with Gasteiger partial charge in [-0.25, -0.2) is 0 Å². The van der Waals surface area contributed by atoms with E-state index in [0.29, 0.717) is 24.3 Å². The molecule has 0 amide bonds. The Morgan fingerprint density at radius 2 is 0.828 bits per heavy atom. The van der Waals surface area contributed by atoms with E-state index >= 15 is 0 Å². The molecule has 0 aromatic heterocycles. The molecule has 0 aliphatic carbocycles. The van der Waals surface area contributed by atoms with Crippen molar-refractivity contribution in [3.63, 3.8) is 0 Å². The SMILES string of the molecule is Cc1ccc(C)c2c1Cc1c(C)ccc3c1OP(Oc1ccc4ccccc4c1-c1c(ccc4ccccc14)OP1Oc4c(C)ccc(C)c4Cc4c(C)ccc(c4O1)C(C)CC3)O2. The molecule has 8 aromatic rings. The molecular weight excluding hydrogens is 831 g/mol. The van der Waals surface area contributed by atoms with Crippen LogP contribution in [-0.2, 0) is 19.3 Å². The third-order valence-electron chi connectivity index (χ3n) is 13.6. The van der Waals surface area contributed by atoms with Gasteiger partial charge in [-0.05, 0) is 138 Å². The van der Waals surface area contributed by atoms with E-state index in [4.69, 9.17) is 27.1 Å². The van der Waals surface area contributed by atoms with Crippen molar-refractivity contribution in [1.82, 2.24) is 0 Å². The van der Waals surface area contributed by atoms with Crippen LogP contribution >= 0.6 is 17.2 Å². The lowest BCUT2D eigenvalue weighted by molar-refractivity contribution is 0.376. The van der Waals surface area contributed by atoms with Crippen LogP contribution in [0.15, 0.2) is 121 Å². The highest BCUT2D eigenvalue weighted by molar-refractivity contribution is 7.43. The lowest BCUT2D eigenvalue weighted by Gasteiger charge is -2.29. The Morgan fingerprint density at radius 3 is 1.38 bits per heavy atom. The van der Waals surface area contributed by atoms with E-state index in [-0.39, 0.29) is 5.92 Å². The molecule has 3 atom stereocenters. The van der Waals surface area contributed by atoms with Gasteiger partial charge in [0.1, 0.15) is 34.5 Å². The van der Waals surface area contributed by atoms with E-state index in [1.165, 1.54) is 22.3 Å². The van der Waals surface area contributed by atoms with Crippen molar-refractivity contribution < 1.29 is 27.1 Å². The van der Waals surface area contributed by atoms with E-state index in [2.05, 4.69) is 170 Å². The van der Waals surface area contributed by atoms with Crippen LogP contribution in [0.3, 0.4) is 0 Å². The molecule has 3 heterocycles. The van der Waals surface area contributed by atoms with E-state index in [0.717, 1.165) is 113 Å². The highest BCUT2D eigenvalue weighted by atomic mass is 31.2. The number of benzene rings is 8. The summed E-state index contributed by atoms with van der Waals surface area (Å²) in [6.07, 6.45) is 3.01. The van der Waals surface area contributed by atoms with Crippen molar-refractivity contribution in [3.05, 3.63) is 188 Å². The van der Waals surface area contributed by atoms with Crippen molar-refractivity contribution in [3.8, 4) is 45.6 Å². The van der Waals surface area contributed by atoms with Gasteiger partial charge >= 0.3 is 17.2 Å². The Morgan fingerprint density at radius 1 is 0.406 bits per heavy atom. The van der Waals surface area contributed by atoms with Crippen LogP contribution in [0.5, 0.6) is 34.5 Å². The zero-order chi connectivity index (χ0) is 43.8. The summed E-state index contributed by atoms with van der Waals surface area (Å²) in [6.45, 7) is 15.2. The molecule has 6 nitrogen and oxygen atoms in total. The van der Waals surface area contributed by atoms with Gasteiger partial charge in [-0.2, -0.15) is 0 Å². The van der Waals surface area contributed by atoms with Crippen molar-refractivity contribution in [2.45, 2.75) is 80.1 Å². The maximum Gasteiger partial charge on any atom is 0.530 e. The van der Waals surface area contributed by atoms with Gasteiger partial charge in [0.25, 0.3) is 0 Å². The minimum atomic E-state index is -2.05. The molecule has 8 aromatic carbocycles. The number of fused-ring (bicyclic) bond motifs is 11. The zero-order valence-electron chi connectivity index (χ0n) is 37.3. The quantitative estimate of drug-likeness (QED) is 0.141. The first kappa shape index (κ1) is 40.7. The first-order valence-electron chi connectivity index (χ1n) is 22.2. The normalized spacial score (nSPS) is 17.6. The van der Waals surface area contributed by atoms with Crippen LogP contribution < -0.4 is 27.1 Å². The third-order valence-corrected chi connectivity index (χ3v) is 15.6. The molecule has 3 aliphatic heterocycles. The van der Waals surface area contributed by atoms with Crippen molar-refractivity contribution in [1.29, 1.82) is 0 Å². The van der Waals surface area contributed by atoms with Gasteiger partial charge < -0.3 is 27.1 Å². The maximum atomic E-state index is 7.29. The predicted octanol–water partition coefficient (Wildman–Crippen LogP) is 15.9. The second-order valence-corrected chi connectivity index (χ2v) is 19.7. The molecule has 3 unspecified atom stereocenters. The highest BCUT2D eigenvalue weighted by Crippen LogP contribution is 2.57. The fourth-order valence-corrected chi connectivity index (χ4v) is 12.2. The summed E-state index contributed by atoms with van der Waals surface area (Å²) < 4.78 is 43.2. The fraction of sp³-hybridized carbons (Fsp3) is 0.214. The third kappa shape index (κ3) is 7.03. The summed E-state index contributed by atoms with van der Waals surface area (Å²) in [5.74, 6) is 4.70. The minimum Gasteiger partial charge on any atom is -0.408 e. The van der Waals surface area contributed by atoms with Gasteiger partial charge in [0, 0.05) is 46.2 Å². The number of hydrogen-bond acceptors (Lipinski definition) is 6. The largest absolute Gasteiger partial charge is 0.530 e. The van der Waals surface area contributed by atoms with Crippen LogP contribution in [0.1, 0.15) is 86.0 Å². The fourth-order valence-electron chi connectivity index (χ4n) is 9.77. The summed E-state index contributed by atoms with van der Waals surface area (Å²) in [5.41, 5.74) is 15.4. The van der Waals surface area contributed by atoms with Crippen LogP contribution in [0.2, 0.25) is 0 Å². The summed E-state index contributed by atoms with van der Waals surface area (Å²) in [4.78, 5) is 0. The summed E-state index contributed by atoms with van der Waals surface area (Å²) in [5, 5.41) is 4.14. The highest BCUT2D eigenvalue weighted by Gasteiger charge is 2.35. The molecule has 3 aliphatic rings. The van der Waals surface area contributed by atoms with E-state index < -0.39 is 17.2 Å². The molecule has 0 fully saturated rings. The van der Waals surface area contributed by atoms with Crippen molar-refractivity contribution in [2.24, 2.45) is 0 Å². The monoisotopic (exact) mass is 880 g/mol. The average molecular weight is 881 g/mol. The second kappa shape index (κ2) is 16.2. The van der Waals surface area contributed by atoms with Crippen molar-refractivity contribution >= 4 is 38.7 Å². The maximum absolute atomic E-state index is 7.29. The van der Waals surface area contributed by atoms with Gasteiger partial charge in [-0.15, -0.1) is 0 Å². The zero-order valence-corrected chi connectivity index (χ0v) is 39.1. The molecule has 0 saturated heterocycles. The average Bonchev–Trinajstić information content (AvgIpc) is 3.28. The lowest BCUT2D eigenvalue weighted by atomic mass is 9.87. The number of aryl methyl sites for hydroxylation is 7. The number of rotatable bonds is 0. The summed E-state index contributed by atoms with van der Waals surface area (Å²) in [6, 6.07) is 42.9. The van der Waals surface area contributed by atoms with E-state index in [1.807, 2.05) is 0 Å². The van der Waals surface area contributed by atoms with E-state index in [9.17, 15) is 0 Å². The Bertz CT molecular complexity index is 3190. The Balaban J connectivity index is 1.21. The van der Waals surface area contributed by atoms with Gasteiger partial charge in [0.2, 0.25) is 0 Å². The first-order chi connectivity index (χ1) is 31.1. The molecule has 0 N–H and O–H groups in total. The molecule has 8 heteroatoms. The van der Waals surface area contributed by atoms with Crippen LogP contribution in [0, 0.1) is 41.5 Å². The lowest BCUT2D eigenvalue weighted by Crippen LogP contribution is -2.14. The first-order valence-corrected chi connectivity index (χ1v) is 24.4. The Hall–Kier alpha value is -6.06. The Labute approximate surface area is 378 Å². The van der Waals surface area contributed by atoms with Crippen LogP contribution in [0.4, 0.5) is 0 Å². The summed E-state index contributed by atoms with van der Waals surface area (Å²) in [7, 11) is -4.09. The van der Waals surface area contributed by atoms with Gasteiger partial charge in [0.05, 0.1) is 0 Å². The minimum absolute atomic E-state index is 0.122. The number of hydrogen-bond donors (Lipinski definition) is 0. The molecular formula is C56H50O6P2. The molecule has 4 bridgehead atoms. The Kier molecular flexibility index (Phi) is 10.3. The topological polar surface area (TPSA) is 55.4 Å². The summed E-state index contributed by atoms with van der Waals surface area (Å²) >= 11 is 0. The second-order valence-electron chi connectivity index (χ2n) is 17.8. The van der Waals surface area contributed by atoms with Crippen molar-refractivity contribution in [2.75, 3.05) is 0 Å². The van der Waals surface area contributed by atoms with Crippen LogP contribution in [0.25, 0.3) is 32.7 Å². The van der Waals surface area contributed by atoms with E-state index in [1.54, 1.807) is 0 Å². The molecule has 320 valence electrons. The van der Waals surface area contributed by atoms with Crippen LogP contribution in [-0.4, -0.2) is 0 Å². The van der Waals surface area contributed by atoms with Gasteiger partial charge in [-0.3, -0.25) is 0 Å². The van der Waals surface area contributed by atoms with Gasteiger partial charge in [0.15, 0.2) is 0 Å². The molecule has 0 radical (unpaired) electrons. The molecule has 64 heavy (non-hydrogen) atoms. The van der Waals surface area contributed by atoms with Gasteiger partial charge in [-0.1, -0.05) is 116 Å².